The van der Waals surface area contributed by atoms with Gasteiger partial charge in [0.05, 0.1) is 28.2 Å². The minimum Gasteiger partial charge on any atom is -0.488 e. The lowest BCUT2D eigenvalue weighted by atomic mass is 10.1. The maximum absolute atomic E-state index is 12.6. The van der Waals surface area contributed by atoms with Crippen molar-refractivity contribution in [2.24, 2.45) is 12.8 Å². The van der Waals surface area contributed by atoms with Crippen LogP contribution in [0.1, 0.15) is 21.1 Å². The first-order valence-corrected chi connectivity index (χ1v) is 8.98. The summed E-state index contributed by atoms with van der Waals surface area (Å²) in [6, 6.07) is 4.06. The van der Waals surface area contributed by atoms with E-state index in [2.05, 4.69) is 15.4 Å². The van der Waals surface area contributed by atoms with E-state index in [1.807, 2.05) is 6.92 Å². The molecule has 4 N–H and O–H groups in total. The topological polar surface area (TPSA) is 132 Å². The van der Waals surface area contributed by atoms with Gasteiger partial charge in [-0.15, -0.1) is 11.3 Å². The molecule has 0 aliphatic heterocycles. The monoisotopic (exact) mass is 389 g/mol. The predicted molar refractivity (Wildman–Crippen MR) is 99.4 cm³/mol. The first-order chi connectivity index (χ1) is 12.9. The van der Waals surface area contributed by atoms with Gasteiger partial charge in [-0.05, 0) is 25.1 Å². The highest BCUT2D eigenvalue weighted by Gasteiger charge is 2.22. The van der Waals surface area contributed by atoms with E-state index in [1.165, 1.54) is 16.0 Å². The Labute approximate surface area is 158 Å². The van der Waals surface area contributed by atoms with Crippen LogP contribution in [0.2, 0.25) is 0 Å². The van der Waals surface area contributed by atoms with Gasteiger partial charge in [0.1, 0.15) is 24.1 Å². The third-order valence-corrected chi connectivity index (χ3v) is 4.97. The number of hydrogen-bond acceptors (Lipinski definition) is 7. The summed E-state index contributed by atoms with van der Waals surface area (Å²) in [4.78, 5) is 29.0. The van der Waals surface area contributed by atoms with E-state index in [0.29, 0.717) is 23.3 Å². The molecule has 142 valence electrons. The average molecular weight is 389 g/mol. The van der Waals surface area contributed by atoms with Gasteiger partial charge in [-0.25, -0.2) is 4.98 Å². The number of thiazole rings is 1. The molecular weight excluding hydrogens is 370 g/mol. The number of hydrogen-bond donors (Lipinski definition) is 3. The number of carbonyl (C=O) groups is 2. The second-order valence-electron chi connectivity index (χ2n) is 5.91. The van der Waals surface area contributed by atoms with E-state index in [-0.39, 0.29) is 5.69 Å². The third kappa shape index (κ3) is 3.91. The van der Waals surface area contributed by atoms with Gasteiger partial charge in [0.25, 0.3) is 5.91 Å². The van der Waals surface area contributed by atoms with E-state index in [1.54, 1.807) is 30.8 Å². The van der Waals surface area contributed by atoms with Gasteiger partial charge in [0.15, 0.2) is 0 Å². The van der Waals surface area contributed by atoms with Crippen molar-refractivity contribution < 1.29 is 19.4 Å². The van der Waals surface area contributed by atoms with Gasteiger partial charge in [-0.2, -0.15) is 5.10 Å². The number of aromatic nitrogens is 3. The van der Waals surface area contributed by atoms with Crippen LogP contribution >= 0.6 is 11.3 Å². The molecule has 10 heteroatoms. The Kier molecular flexibility index (Phi) is 5.38. The molecule has 2 amide bonds. The van der Waals surface area contributed by atoms with E-state index in [9.17, 15) is 14.7 Å². The maximum Gasteiger partial charge on any atom is 0.270 e. The van der Waals surface area contributed by atoms with Gasteiger partial charge in [-0.1, -0.05) is 0 Å². The summed E-state index contributed by atoms with van der Waals surface area (Å²) in [5, 5.41) is 16.5. The summed E-state index contributed by atoms with van der Waals surface area (Å²) >= 11 is 1.51. The molecule has 2 aromatic heterocycles. The van der Waals surface area contributed by atoms with Crippen LogP contribution in [0.3, 0.4) is 0 Å². The van der Waals surface area contributed by atoms with Gasteiger partial charge in [0, 0.05) is 12.4 Å². The van der Waals surface area contributed by atoms with E-state index >= 15 is 0 Å². The van der Waals surface area contributed by atoms with Gasteiger partial charge in [0.2, 0.25) is 5.91 Å². The number of rotatable bonds is 7. The van der Waals surface area contributed by atoms with Crippen molar-refractivity contribution in [1.82, 2.24) is 20.1 Å². The summed E-state index contributed by atoms with van der Waals surface area (Å²) in [5.41, 5.74) is 8.68. The number of carbonyl (C=O) groups excluding carboxylic acids is 2. The quantitative estimate of drug-likeness (QED) is 0.539. The van der Waals surface area contributed by atoms with Crippen LogP contribution in [0.25, 0.3) is 10.9 Å². The summed E-state index contributed by atoms with van der Waals surface area (Å²) in [5.74, 6) is -0.805. The Morgan fingerprint density at radius 2 is 2.22 bits per heavy atom. The SMILES string of the molecule is Cc1ncsc1COc1ccc2nn(C)c(C(=O)N[C@H](CO)C(N)=O)c2c1. The summed E-state index contributed by atoms with van der Waals surface area (Å²) in [6.45, 7) is 1.70. The number of benzene rings is 1. The third-order valence-electron chi connectivity index (χ3n) is 4.07. The number of aliphatic hydroxyl groups excluding tert-OH is 1. The Balaban J connectivity index is 1.87. The standard InChI is InChI=1S/C17H19N5O4S/c1-9-14(27-8-19-9)7-26-10-3-4-12-11(5-10)15(22(2)21-12)17(25)20-13(6-23)16(18)24/h3-5,8,13,23H,6-7H2,1-2H3,(H2,18,24)(H,20,25)/t13-/m1/s1. The molecule has 0 bridgehead atoms. The normalized spacial score (nSPS) is 12.1. The number of nitrogens with zero attached hydrogens (tertiary/aromatic N) is 3. The maximum atomic E-state index is 12.6. The molecule has 0 radical (unpaired) electrons. The molecule has 0 fully saturated rings. The van der Waals surface area contributed by atoms with Crippen LogP contribution in [-0.4, -0.2) is 44.3 Å². The van der Waals surface area contributed by atoms with Crippen molar-refractivity contribution in [2.75, 3.05) is 6.61 Å². The van der Waals surface area contributed by atoms with Crippen molar-refractivity contribution in [2.45, 2.75) is 19.6 Å². The van der Waals surface area contributed by atoms with Crippen LogP contribution in [0.4, 0.5) is 0 Å². The van der Waals surface area contributed by atoms with Crippen molar-refractivity contribution in [3.8, 4) is 5.75 Å². The number of aliphatic hydroxyl groups is 1. The summed E-state index contributed by atoms with van der Waals surface area (Å²) < 4.78 is 7.22. The molecule has 0 unspecified atom stereocenters. The zero-order valence-corrected chi connectivity index (χ0v) is 15.6. The molecular formula is C17H19N5O4S. The van der Waals surface area contributed by atoms with Crippen LogP contribution in [0, 0.1) is 6.92 Å². The van der Waals surface area contributed by atoms with E-state index in [4.69, 9.17) is 10.5 Å². The molecule has 0 saturated carbocycles. The number of amides is 2. The van der Waals surface area contributed by atoms with E-state index < -0.39 is 24.5 Å². The lowest BCUT2D eigenvalue weighted by molar-refractivity contribution is -0.120. The van der Waals surface area contributed by atoms with Crippen molar-refractivity contribution in [3.05, 3.63) is 40.0 Å². The summed E-state index contributed by atoms with van der Waals surface area (Å²) in [6.07, 6.45) is 0. The molecule has 0 aliphatic carbocycles. The number of ether oxygens (including phenoxy) is 1. The number of nitrogens with two attached hydrogens (primary N) is 1. The molecule has 0 spiro atoms. The highest BCUT2D eigenvalue weighted by Crippen LogP contribution is 2.25. The highest BCUT2D eigenvalue weighted by molar-refractivity contribution is 7.09. The van der Waals surface area contributed by atoms with Crippen molar-refractivity contribution >= 4 is 34.1 Å². The van der Waals surface area contributed by atoms with Crippen LogP contribution in [0.5, 0.6) is 5.75 Å². The minimum atomic E-state index is -1.17. The first-order valence-electron chi connectivity index (χ1n) is 8.10. The first kappa shape index (κ1) is 18.8. The van der Waals surface area contributed by atoms with Gasteiger partial charge < -0.3 is 20.9 Å². The van der Waals surface area contributed by atoms with E-state index in [0.717, 1.165) is 10.6 Å². The minimum absolute atomic E-state index is 0.240. The van der Waals surface area contributed by atoms with Crippen LogP contribution < -0.4 is 15.8 Å². The zero-order chi connectivity index (χ0) is 19.6. The zero-order valence-electron chi connectivity index (χ0n) is 14.8. The largest absolute Gasteiger partial charge is 0.488 e. The molecule has 1 aromatic carbocycles. The fourth-order valence-electron chi connectivity index (χ4n) is 2.58. The molecule has 0 aliphatic rings. The number of fused-ring (bicyclic) bond motifs is 1. The molecule has 9 nitrogen and oxygen atoms in total. The van der Waals surface area contributed by atoms with Gasteiger partial charge in [-0.3, -0.25) is 14.3 Å². The number of nitrogens with one attached hydrogen (secondary N) is 1. The Bertz CT molecular complexity index is 997. The van der Waals surface area contributed by atoms with Crippen LogP contribution in [-0.2, 0) is 18.4 Å². The molecule has 0 saturated heterocycles. The second-order valence-corrected chi connectivity index (χ2v) is 6.85. The smallest absolute Gasteiger partial charge is 0.270 e. The molecule has 1 atom stereocenters. The molecule has 3 rings (SSSR count). The average Bonchev–Trinajstić information content (AvgIpc) is 3.18. The molecule has 3 aromatic rings. The fourth-order valence-corrected chi connectivity index (χ4v) is 3.27. The Morgan fingerprint density at radius 1 is 1.44 bits per heavy atom. The Morgan fingerprint density at radius 3 is 2.85 bits per heavy atom. The van der Waals surface area contributed by atoms with Crippen molar-refractivity contribution in [1.29, 1.82) is 0 Å². The summed E-state index contributed by atoms with van der Waals surface area (Å²) in [7, 11) is 1.62. The lowest BCUT2D eigenvalue weighted by Gasteiger charge is -2.12. The van der Waals surface area contributed by atoms with Crippen LogP contribution in [0.15, 0.2) is 23.7 Å². The second kappa shape index (κ2) is 7.72. The lowest BCUT2D eigenvalue weighted by Crippen LogP contribution is -2.47. The predicted octanol–water partition coefficient (Wildman–Crippen LogP) is 0.493. The van der Waals surface area contributed by atoms with Gasteiger partial charge >= 0.3 is 0 Å². The number of primary amides is 1. The molecule has 27 heavy (non-hydrogen) atoms. The van der Waals surface area contributed by atoms with Crippen molar-refractivity contribution in [3.63, 3.8) is 0 Å². The number of aryl methyl sites for hydroxylation is 2. The Hall–Kier alpha value is -2.98. The fraction of sp³-hybridized carbons (Fsp3) is 0.294. The molecule has 2 heterocycles. The highest BCUT2D eigenvalue weighted by atomic mass is 32.1.